The van der Waals surface area contributed by atoms with Crippen LogP contribution in [-0.4, -0.2) is 60.6 Å². The molecule has 0 radical (unpaired) electrons. The number of benzene rings is 4. The lowest BCUT2D eigenvalue weighted by Gasteiger charge is -2.34. The second-order valence-electron chi connectivity index (χ2n) is 10.3. The summed E-state index contributed by atoms with van der Waals surface area (Å²) in [5.41, 5.74) is 1.30. The van der Waals surface area contributed by atoms with E-state index in [1.165, 1.54) is 66.9 Å². The van der Waals surface area contributed by atoms with Crippen LogP contribution in [0, 0.1) is 5.82 Å². The summed E-state index contributed by atoms with van der Waals surface area (Å²) in [6.07, 6.45) is -1.42. The van der Waals surface area contributed by atoms with Crippen LogP contribution >= 0.6 is 0 Å². The van der Waals surface area contributed by atoms with E-state index >= 15 is 0 Å². The van der Waals surface area contributed by atoms with Gasteiger partial charge in [0.15, 0.2) is 29.1 Å². The van der Waals surface area contributed by atoms with Crippen molar-refractivity contribution in [1.82, 2.24) is 0 Å². The van der Waals surface area contributed by atoms with Crippen LogP contribution in [0.4, 0.5) is 10.1 Å². The number of anilines is 1. The van der Waals surface area contributed by atoms with Gasteiger partial charge >= 0.3 is 5.97 Å². The van der Waals surface area contributed by atoms with E-state index in [-0.39, 0.29) is 23.2 Å². The molecule has 2 atom stereocenters. The van der Waals surface area contributed by atoms with Crippen molar-refractivity contribution in [3.05, 3.63) is 94.8 Å². The fraction of sp³-hybridized carbons (Fsp3) is 0.257. The largest absolute Gasteiger partial charge is 0.496 e. The van der Waals surface area contributed by atoms with Gasteiger partial charge in [-0.15, -0.1) is 0 Å². The Labute approximate surface area is 271 Å². The number of amides is 1. The minimum Gasteiger partial charge on any atom is -0.496 e. The molecular weight excluding hydrogens is 613 g/mol. The molecule has 0 spiro atoms. The second-order valence-corrected chi connectivity index (χ2v) is 10.3. The first kappa shape index (κ1) is 32.7. The summed E-state index contributed by atoms with van der Waals surface area (Å²) in [5.74, 6) is 1.11. The van der Waals surface area contributed by atoms with Crippen LogP contribution in [0.5, 0.6) is 40.2 Å². The summed E-state index contributed by atoms with van der Waals surface area (Å²) < 4.78 is 59.7. The number of esters is 1. The lowest BCUT2D eigenvalue weighted by atomic mass is 9.93. The highest BCUT2D eigenvalue weighted by Crippen LogP contribution is 2.44. The maximum absolute atomic E-state index is 14.9. The summed E-state index contributed by atoms with van der Waals surface area (Å²) in [6, 6.07) is 16.8. The maximum atomic E-state index is 14.9. The zero-order valence-electron chi connectivity index (χ0n) is 26.7. The second kappa shape index (κ2) is 14.2. The molecule has 11 nitrogen and oxygen atoms in total. The molecule has 0 saturated heterocycles. The molecule has 0 fully saturated rings. The number of hydrogen-bond donors (Lipinski definition) is 1. The number of nitrogens with one attached hydrogen (secondary N) is 1. The molecule has 0 aromatic heterocycles. The highest BCUT2D eigenvalue weighted by atomic mass is 19.1. The van der Waals surface area contributed by atoms with Crippen LogP contribution in [-0.2, 0) is 11.2 Å². The van der Waals surface area contributed by atoms with Crippen molar-refractivity contribution in [2.45, 2.75) is 18.6 Å². The Kier molecular flexibility index (Phi) is 9.88. The number of halogens is 1. The number of rotatable bonds is 11. The van der Waals surface area contributed by atoms with Crippen LogP contribution in [0.25, 0.3) is 0 Å². The van der Waals surface area contributed by atoms with Gasteiger partial charge < -0.3 is 43.2 Å². The standard InChI is InChI=1S/C35H34FNO10/c1-40-22-16-28(43-4)23-18-32(33(46-29(23)17-22)19-8-11-26(41-2)30(14-19)44-5)47-35(39)21-7-10-24(36)25(13-21)37-34(38)20-9-12-27(42-3)31(15-20)45-6/h7-17,32-33H,18H2,1-6H3,(H,37,38)/t32-,33+/m0/s1. The highest BCUT2D eigenvalue weighted by molar-refractivity contribution is 6.05. The number of carbonyl (C=O) groups is 2. The maximum Gasteiger partial charge on any atom is 0.338 e. The van der Waals surface area contributed by atoms with Gasteiger partial charge in [0, 0.05) is 35.2 Å². The number of hydrogen-bond acceptors (Lipinski definition) is 10. The highest BCUT2D eigenvalue weighted by Gasteiger charge is 2.37. The Morgan fingerprint density at radius 2 is 1.34 bits per heavy atom. The van der Waals surface area contributed by atoms with Crippen LogP contribution in [0.3, 0.4) is 0 Å². The average molecular weight is 648 g/mol. The fourth-order valence-corrected chi connectivity index (χ4v) is 5.26. The summed E-state index contributed by atoms with van der Waals surface area (Å²) in [6.45, 7) is 0. The monoisotopic (exact) mass is 647 g/mol. The van der Waals surface area contributed by atoms with Gasteiger partial charge in [-0.05, 0) is 48.5 Å². The third-order valence-corrected chi connectivity index (χ3v) is 7.68. The minimum atomic E-state index is -0.856. The molecular formula is C35H34FNO10. The molecule has 1 heterocycles. The van der Waals surface area contributed by atoms with E-state index in [1.54, 1.807) is 36.4 Å². The molecule has 246 valence electrons. The van der Waals surface area contributed by atoms with Crippen molar-refractivity contribution < 1.29 is 51.9 Å². The quantitative estimate of drug-likeness (QED) is 0.193. The Hall–Kier alpha value is -5.65. The van der Waals surface area contributed by atoms with E-state index in [0.29, 0.717) is 51.4 Å². The minimum absolute atomic E-state index is 0.00701. The molecule has 4 aromatic carbocycles. The van der Waals surface area contributed by atoms with Crippen molar-refractivity contribution in [2.75, 3.05) is 48.0 Å². The zero-order chi connectivity index (χ0) is 33.7. The van der Waals surface area contributed by atoms with Gasteiger partial charge in [0.05, 0.1) is 53.9 Å². The molecule has 1 amide bonds. The number of ether oxygens (including phenoxy) is 8. The van der Waals surface area contributed by atoms with Crippen molar-refractivity contribution in [2.24, 2.45) is 0 Å². The Morgan fingerprint density at radius 1 is 0.702 bits per heavy atom. The number of fused-ring (bicyclic) bond motifs is 1. The molecule has 47 heavy (non-hydrogen) atoms. The lowest BCUT2D eigenvalue weighted by molar-refractivity contribution is -0.0188. The van der Waals surface area contributed by atoms with E-state index in [9.17, 15) is 14.0 Å². The molecule has 1 N–H and O–H groups in total. The topological polar surface area (TPSA) is 120 Å². The third-order valence-electron chi connectivity index (χ3n) is 7.68. The number of methoxy groups -OCH3 is 6. The Balaban J connectivity index is 1.45. The van der Waals surface area contributed by atoms with Crippen LogP contribution in [0.2, 0.25) is 0 Å². The van der Waals surface area contributed by atoms with Crippen molar-refractivity contribution in [1.29, 1.82) is 0 Å². The van der Waals surface area contributed by atoms with Gasteiger partial charge in [0.25, 0.3) is 5.91 Å². The van der Waals surface area contributed by atoms with Crippen LogP contribution in [0.15, 0.2) is 66.7 Å². The normalized spacial score (nSPS) is 15.0. The van der Waals surface area contributed by atoms with E-state index in [4.69, 9.17) is 37.9 Å². The zero-order valence-corrected chi connectivity index (χ0v) is 26.7. The molecule has 5 rings (SSSR count). The Bertz CT molecular complexity index is 1790. The molecule has 0 saturated carbocycles. The fourth-order valence-electron chi connectivity index (χ4n) is 5.26. The van der Waals surface area contributed by atoms with Gasteiger partial charge in [-0.1, -0.05) is 6.07 Å². The summed E-state index contributed by atoms with van der Waals surface area (Å²) >= 11 is 0. The van der Waals surface area contributed by atoms with E-state index < -0.39 is 29.9 Å². The summed E-state index contributed by atoms with van der Waals surface area (Å²) in [7, 11) is 9.01. The van der Waals surface area contributed by atoms with Gasteiger partial charge in [-0.2, -0.15) is 0 Å². The van der Waals surface area contributed by atoms with E-state index in [0.717, 1.165) is 6.07 Å². The first-order valence-electron chi connectivity index (χ1n) is 14.4. The van der Waals surface area contributed by atoms with Crippen molar-refractivity contribution in [3.63, 3.8) is 0 Å². The van der Waals surface area contributed by atoms with Gasteiger partial charge in [0.2, 0.25) is 0 Å². The predicted molar refractivity (Wildman–Crippen MR) is 169 cm³/mol. The van der Waals surface area contributed by atoms with Gasteiger partial charge in [-0.3, -0.25) is 4.79 Å². The summed E-state index contributed by atoms with van der Waals surface area (Å²) in [5, 5.41) is 2.51. The van der Waals surface area contributed by atoms with Crippen molar-refractivity contribution >= 4 is 17.6 Å². The van der Waals surface area contributed by atoms with Gasteiger partial charge in [-0.25, -0.2) is 9.18 Å². The molecule has 1 aliphatic heterocycles. The molecule has 4 aromatic rings. The molecule has 0 unspecified atom stereocenters. The lowest BCUT2D eigenvalue weighted by Crippen LogP contribution is -2.35. The molecule has 12 heteroatoms. The SMILES string of the molecule is COc1cc(OC)c2c(c1)O[C@H](c1ccc(OC)c(OC)c1)[C@@H](OC(=O)c1ccc(F)c(NC(=O)c3ccc(OC)c(OC)c3)c1)C2. The average Bonchev–Trinajstić information content (AvgIpc) is 3.10. The third kappa shape index (κ3) is 6.81. The van der Waals surface area contributed by atoms with Gasteiger partial charge in [0.1, 0.15) is 29.2 Å². The van der Waals surface area contributed by atoms with E-state index in [2.05, 4.69) is 5.32 Å². The first-order valence-corrected chi connectivity index (χ1v) is 14.4. The first-order chi connectivity index (χ1) is 22.7. The van der Waals surface area contributed by atoms with Crippen LogP contribution in [0.1, 0.15) is 37.9 Å². The molecule has 0 bridgehead atoms. The smallest absolute Gasteiger partial charge is 0.338 e. The summed E-state index contributed by atoms with van der Waals surface area (Å²) in [4.78, 5) is 26.6. The van der Waals surface area contributed by atoms with Crippen molar-refractivity contribution in [3.8, 4) is 40.2 Å². The molecule has 1 aliphatic rings. The van der Waals surface area contributed by atoms with Crippen LogP contribution < -0.4 is 38.5 Å². The predicted octanol–water partition coefficient (Wildman–Crippen LogP) is 6.03. The van der Waals surface area contributed by atoms with E-state index in [1.807, 2.05) is 0 Å². The number of carbonyl (C=O) groups excluding carboxylic acids is 2. The molecule has 0 aliphatic carbocycles. The Morgan fingerprint density at radius 3 is 2.00 bits per heavy atom.